The first-order valence-corrected chi connectivity index (χ1v) is 16.7. The summed E-state index contributed by atoms with van der Waals surface area (Å²) in [6.45, 7) is 5.84. The molecule has 3 heteroatoms. The Balaban J connectivity index is 1.66. The molecule has 0 fully saturated rings. The Hall–Kier alpha value is -5.67. The SMILES string of the molecule is C=C/C=C\C\C=C/C(=C\C)/N=C(C1=CC/C=C\C=C/C/C=C\1)/C(=C1\C=CC=CC1)c1ccccc1Cc1cccc(-c2ccncc2)n1. The predicted octanol–water partition coefficient (Wildman–Crippen LogP) is 11.4. The van der Waals surface area contributed by atoms with E-state index in [1.807, 2.05) is 30.6 Å². The first kappa shape index (κ1) is 33.7. The summed E-state index contributed by atoms with van der Waals surface area (Å²) in [5.74, 6) is 0. The van der Waals surface area contributed by atoms with Gasteiger partial charge in [-0.1, -0.05) is 134 Å². The largest absolute Gasteiger partial charge is 0.265 e. The van der Waals surface area contributed by atoms with Crippen LogP contribution in [0.3, 0.4) is 0 Å². The van der Waals surface area contributed by atoms with Crippen LogP contribution in [0.2, 0.25) is 0 Å². The molecule has 0 amide bonds. The Morgan fingerprint density at radius 1 is 0.854 bits per heavy atom. The summed E-state index contributed by atoms with van der Waals surface area (Å²) in [6.07, 6.45) is 43.9. The van der Waals surface area contributed by atoms with Gasteiger partial charge in [0.25, 0.3) is 0 Å². The second kappa shape index (κ2) is 18.5. The van der Waals surface area contributed by atoms with Gasteiger partial charge in [-0.15, -0.1) is 0 Å². The monoisotopic (exact) mass is 625 g/mol. The van der Waals surface area contributed by atoms with Gasteiger partial charge in [0, 0.05) is 35.6 Å². The summed E-state index contributed by atoms with van der Waals surface area (Å²) >= 11 is 0. The molecule has 0 atom stereocenters. The van der Waals surface area contributed by atoms with E-state index in [4.69, 9.17) is 9.98 Å². The number of benzene rings is 1. The smallest absolute Gasteiger partial charge is 0.0787 e. The molecule has 2 aliphatic rings. The number of aliphatic imine (C=N–C) groups is 1. The molecule has 0 radical (unpaired) electrons. The lowest BCUT2D eigenvalue weighted by Crippen LogP contribution is -2.11. The van der Waals surface area contributed by atoms with Gasteiger partial charge in [0.15, 0.2) is 0 Å². The fourth-order valence-electron chi connectivity index (χ4n) is 5.59. The molecule has 5 rings (SSSR count). The summed E-state index contributed by atoms with van der Waals surface area (Å²) in [5.41, 5.74) is 10.7. The minimum absolute atomic E-state index is 0.688. The molecule has 0 aliphatic heterocycles. The third-order valence-corrected chi connectivity index (χ3v) is 7.95. The maximum absolute atomic E-state index is 5.46. The minimum Gasteiger partial charge on any atom is -0.265 e. The summed E-state index contributed by atoms with van der Waals surface area (Å²) in [4.78, 5) is 14.7. The molecule has 0 saturated carbocycles. The molecule has 2 aliphatic carbocycles. The summed E-state index contributed by atoms with van der Waals surface area (Å²) in [7, 11) is 0. The van der Waals surface area contributed by atoms with E-state index >= 15 is 0 Å². The second-order valence-corrected chi connectivity index (χ2v) is 11.3. The fourth-order valence-corrected chi connectivity index (χ4v) is 5.59. The maximum atomic E-state index is 5.46. The Labute approximate surface area is 286 Å². The molecule has 1 aromatic carbocycles. The molecule has 0 unspecified atom stereocenters. The zero-order valence-electron chi connectivity index (χ0n) is 27.8. The highest BCUT2D eigenvalue weighted by molar-refractivity contribution is 6.34. The highest BCUT2D eigenvalue weighted by Crippen LogP contribution is 2.33. The second-order valence-electron chi connectivity index (χ2n) is 11.3. The van der Waals surface area contributed by atoms with Crippen LogP contribution >= 0.6 is 0 Å². The molecule has 0 saturated heterocycles. The van der Waals surface area contributed by atoms with Crippen molar-refractivity contribution in [1.82, 2.24) is 9.97 Å². The van der Waals surface area contributed by atoms with E-state index in [9.17, 15) is 0 Å². The number of aromatic nitrogens is 2. The van der Waals surface area contributed by atoms with Crippen molar-refractivity contribution in [3.8, 4) is 11.3 Å². The third-order valence-electron chi connectivity index (χ3n) is 7.95. The summed E-state index contributed by atoms with van der Waals surface area (Å²) in [6, 6.07) is 19.0. The fraction of sp³-hybridized carbons (Fsp3) is 0.133. The number of allylic oxidation sites excluding steroid dienone is 20. The van der Waals surface area contributed by atoms with Crippen LogP contribution in [-0.4, -0.2) is 15.7 Å². The average molecular weight is 626 g/mol. The van der Waals surface area contributed by atoms with Gasteiger partial charge >= 0.3 is 0 Å². The molecule has 3 nitrogen and oxygen atoms in total. The van der Waals surface area contributed by atoms with E-state index in [1.54, 1.807) is 6.08 Å². The third kappa shape index (κ3) is 9.67. The number of pyridine rings is 2. The topological polar surface area (TPSA) is 38.1 Å². The van der Waals surface area contributed by atoms with Crippen LogP contribution in [0.25, 0.3) is 16.8 Å². The van der Waals surface area contributed by atoms with E-state index in [0.29, 0.717) is 6.42 Å². The summed E-state index contributed by atoms with van der Waals surface area (Å²) in [5, 5.41) is 0. The zero-order valence-corrected chi connectivity index (χ0v) is 27.8. The van der Waals surface area contributed by atoms with Gasteiger partial charge in [0.2, 0.25) is 0 Å². The first-order chi connectivity index (χ1) is 23.8. The van der Waals surface area contributed by atoms with Crippen molar-refractivity contribution in [2.24, 2.45) is 4.99 Å². The lowest BCUT2D eigenvalue weighted by Gasteiger charge is -2.21. The van der Waals surface area contributed by atoms with Crippen LogP contribution in [0.15, 0.2) is 199 Å². The quantitative estimate of drug-likeness (QED) is 0.157. The molecular formula is C45H43N3. The van der Waals surface area contributed by atoms with Crippen LogP contribution in [0, 0.1) is 0 Å². The van der Waals surface area contributed by atoms with Crippen molar-refractivity contribution >= 4 is 11.3 Å². The van der Waals surface area contributed by atoms with Gasteiger partial charge in [-0.05, 0) is 85.2 Å². The van der Waals surface area contributed by atoms with Crippen LogP contribution in [0.5, 0.6) is 0 Å². The Morgan fingerprint density at radius 2 is 1.69 bits per heavy atom. The molecule has 238 valence electrons. The van der Waals surface area contributed by atoms with E-state index in [2.05, 4.69) is 152 Å². The van der Waals surface area contributed by atoms with Crippen molar-refractivity contribution in [3.63, 3.8) is 0 Å². The molecule has 0 bridgehead atoms. The lowest BCUT2D eigenvalue weighted by molar-refractivity contribution is 1.07. The minimum atomic E-state index is 0.688. The van der Waals surface area contributed by atoms with Crippen molar-refractivity contribution in [2.45, 2.75) is 39.0 Å². The molecule has 3 aromatic rings. The van der Waals surface area contributed by atoms with Crippen molar-refractivity contribution in [1.29, 1.82) is 0 Å². The van der Waals surface area contributed by atoms with Gasteiger partial charge in [-0.3, -0.25) is 9.97 Å². The van der Waals surface area contributed by atoms with Crippen LogP contribution < -0.4 is 0 Å². The Kier molecular flexibility index (Phi) is 13.0. The summed E-state index contributed by atoms with van der Waals surface area (Å²) < 4.78 is 0. The normalized spacial score (nSPS) is 18.5. The van der Waals surface area contributed by atoms with Gasteiger partial charge in [-0.2, -0.15) is 0 Å². The zero-order chi connectivity index (χ0) is 33.2. The average Bonchev–Trinajstić information content (AvgIpc) is 3.14. The van der Waals surface area contributed by atoms with Crippen molar-refractivity contribution in [3.05, 3.63) is 211 Å². The molecule has 48 heavy (non-hydrogen) atoms. The lowest BCUT2D eigenvalue weighted by atomic mass is 9.85. The molecule has 2 aromatic heterocycles. The maximum Gasteiger partial charge on any atom is 0.0787 e. The van der Waals surface area contributed by atoms with E-state index in [1.165, 1.54) is 11.1 Å². The van der Waals surface area contributed by atoms with Gasteiger partial charge < -0.3 is 0 Å². The highest BCUT2D eigenvalue weighted by Gasteiger charge is 2.21. The Bertz CT molecular complexity index is 1900. The van der Waals surface area contributed by atoms with E-state index in [-0.39, 0.29) is 0 Å². The molecule has 0 spiro atoms. The molecule has 0 N–H and O–H groups in total. The van der Waals surface area contributed by atoms with Gasteiger partial charge in [-0.25, -0.2) is 4.99 Å². The van der Waals surface area contributed by atoms with E-state index in [0.717, 1.165) is 70.8 Å². The number of hydrogen-bond acceptors (Lipinski definition) is 3. The first-order valence-electron chi connectivity index (χ1n) is 16.7. The van der Waals surface area contributed by atoms with Gasteiger partial charge in [0.05, 0.1) is 17.1 Å². The van der Waals surface area contributed by atoms with Crippen molar-refractivity contribution < 1.29 is 0 Å². The van der Waals surface area contributed by atoms with Crippen LogP contribution in [-0.2, 0) is 6.42 Å². The highest BCUT2D eigenvalue weighted by atomic mass is 14.8. The number of nitrogens with zero attached hydrogens (tertiary/aromatic N) is 3. The number of hydrogen-bond donors (Lipinski definition) is 0. The van der Waals surface area contributed by atoms with Gasteiger partial charge in [0.1, 0.15) is 0 Å². The van der Waals surface area contributed by atoms with Crippen LogP contribution in [0.4, 0.5) is 0 Å². The molecule has 2 heterocycles. The van der Waals surface area contributed by atoms with Crippen LogP contribution in [0.1, 0.15) is 49.4 Å². The van der Waals surface area contributed by atoms with E-state index < -0.39 is 0 Å². The number of rotatable bonds is 11. The van der Waals surface area contributed by atoms with Crippen molar-refractivity contribution in [2.75, 3.05) is 0 Å². The standard InChI is InChI=1S/C45H43N3/c1-3-5-6-10-18-27-40(4-2)48-45(38-24-14-11-8-7-9-12-15-25-38)44(37-22-16-13-17-23-37)42-29-20-19-26-39(42)35-41-28-21-30-43(47-41)36-31-33-46-34-32-36/h3-9,11,13,15-22,24-34H,1,10,12,14,23,35H2,2H3/b6-5-,9-7-,11-8-,25-15-,27-18-,38-24?,40-4+,44-37+,48-45+. The molecular weight excluding hydrogens is 583 g/mol. The Morgan fingerprint density at radius 3 is 2.50 bits per heavy atom. The predicted molar refractivity (Wildman–Crippen MR) is 206 cm³/mol.